The van der Waals surface area contributed by atoms with Crippen molar-refractivity contribution in [2.45, 2.75) is 18.7 Å². The maximum atomic E-state index is 12.4. The second-order valence-corrected chi connectivity index (χ2v) is 4.14. The van der Waals surface area contributed by atoms with Gasteiger partial charge in [-0.3, -0.25) is 0 Å². The molecule has 1 fully saturated rings. The number of aliphatic hydroxyl groups excluding tert-OH is 1. The van der Waals surface area contributed by atoms with Gasteiger partial charge in [0.15, 0.2) is 0 Å². The average Bonchev–Trinajstić information content (AvgIpc) is 2.66. The quantitative estimate of drug-likeness (QED) is 0.552. The first-order chi connectivity index (χ1) is 7.32. The third kappa shape index (κ3) is 1.65. The van der Waals surface area contributed by atoms with E-state index in [1.54, 1.807) is 6.08 Å². The lowest BCUT2D eigenvalue weighted by Gasteiger charge is -2.26. The molecule has 1 N–H and O–H groups in total. The summed E-state index contributed by atoms with van der Waals surface area (Å²) in [4.78, 5) is 0. The fourth-order valence-corrected chi connectivity index (χ4v) is 2.60. The Morgan fingerprint density at radius 3 is 2.06 bits per heavy atom. The van der Waals surface area contributed by atoms with E-state index in [9.17, 15) is 27.1 Å². The molecule has 0 spiro atoms. The van der Waals surface area contributed by atoms with E-state index < -0.39 is 41.7 Å². The second-order valence-electron chi connectivity index (χ2n) is 4.14. The van der Waals surface area contributed by atoms with Crippen molar-refractivity contribution >= 4 is 0 Å². The Bertz CT molecular complexity index is 353. The largest absolute Gasteiger partial charge is 0.418 e. The van der Waals surface area contributed by atoms with Crippen molar-refractivity contribution < 1.29 is 27.1 Å². The molecule has 2 rings (SSSR count). The Morgan fingerprint density at radius 1 is 1.12 bits per heavy atom. The Labute approximate surface area is 88.3 Å². The van der Waals surface area contributed by atoms with Crippen LogP contribution in [0.4, 0.5) is 22.0 Å². The third-order valence-electron chi connectivity index (χ3n) is 3.26. The molecule has 0 aliphatic heterocycles. The molecule has 0 aromatic rings. The summed E-state index contributed by atoms with van der Waals surface area (Å²) >= 11 is 0. The predicted octanol–water partition coefficient (Wildman–Crippen LogP) is 2.88. The molecule has 0 amide bonds. The van der Waals surface area contributed by atoms with Gasteiger partial charge in [0.2, 0.25) is 0 Å². The first-order valence-corrected chi connectivity index (χ1v) is 4.81. The van der Waals surface area contributed by atoms with E-state index in [4.69, 9.17) is 0 Å². The van der Waals surface area contributed by atoms with Gasteiger partial charge in [0.05, 0.1) is 6.10 Å². The topological polar surface area (TPSA) is 20.2 Å². The molecule has 6 heteroatoms. The van der Waals surface area contributed by atoms with Crippen molar-refractivity contribution in [3.63, 3.8) is 0 Å². The van der Waals surface area contributed by atoms with Crippen LogP contribution in [0.3, 0.4) is 0 Å². The molecule has 90 valence electrons. The van der Waals surface area contributed by atoms with Gasteiger partial charge in [0.1, 0.15) is 5.57 Å². The summed E-state index contributed by atoms with van der Waals surface area (Å²) in [5.74, 6) is -2.56. The van der Waals surface area contributed by atoms with Gasteiger partial charge in [0, 0.05) is 11.8 Å². The van der Waals surface area contributed by atoms with Crippen LogP contribution >= 0.6 is 0 Å². The van der Waals surface area contributed by atoms with Crippen LogP contribution in [0.5, 0.6) is 0 Å². The molecule has 2 bridgehead atoms. The molecule has 1 saturated carbocycles. The Morgan fingerprint density at radius 2 is 1.69 bits per heavy atom. The van der Waals surface area contributed by atoms with Gasteiger partial charge in [-0.25, -0.2) is 0 Å². The molecule has 1 nitrogen and oxygen atoms in total. The number of hydrogen-bond donors (Lipinski definition) is 1. The zero-order valence-corrected chi connectivity index (χ0v) is 8.01. The normalized spacial score (nSPS) is 36.9. The van der Waals surface area contributed by atoms with Crippen LogP contribution < -0.4 is 0 Å². The van der Waals surface area contributed by atoms with E-state index in [2.05, 4.69) is 0 Å². The van der Waals surface area contributed by atoms with Crippen LogP contribution in [0.15, 0.2) is 23.8 Å². The summed E-state index contributed by atoms with van der Waals surface area (Å²) in [5, 5.41) is 9.54. The Kier molecular flexibility index (Phi) is 2.57. The van der Waals surface area contributed by atoms with Crippen molar-refractivity contribution in [3.05, 3.63) is 23.8 Å². The van der Waals surface area contributed by atoms with Crippen molar-refractivity contribution in [1.29, 1.82) is 0 Å². The van der Waals surface area contributed by atoms with Crippen molar-refractivity contribution in [2.75, 3.05) is 0 Å². The summed E-state index contributed by atoms with van der Waals surface area (Å²) < 4.78 is 62.1. The number of fused-ring (bicyclic) bond motifs is 2. The zero-order valence-electron chi connectivity index (χ0n) is 8.01. The molecular formula is C10H9F5O. The van der Waals surface area contributed by atoms with Gasteiger partial charge in [-0.15, -0.1) is 0 Å². The maximum Gasteiger partial charge on any atom is 0.418 e. The molecule has 0 heterocycles. The number of aliphatic hydroxyl groups is 1. The molecule has 2 aliphatic carbocycles. The molecule has 4 atom stereocenters. The first-order valence-electron chi connectivity index (χ1n) is 4.81. The van der Waals surface area contributed by atoms with E-state index in [1.807, 2.05) is 0 Å². The van der Waals surface area contributed by atoms with Gasteiger partial charge < -0.3 is 5.11 Å². The summed E-state index contributed by atoms with van der Waals surface area (Å²) in [7, 11) is 0. The summed E-state index contributed by atoms with van der Waals surface area (Å²) in [5.41, 5.74) is -1.86. The van der Waals surface area contributed by atoms with Gasteiger partial charge in [-0.1, -0.05) is 12.2 Å². The summed E-state index contributed by atoms with van der Waals surface area (Å²) in [6.07, 6.45) is -5.78. The first kappa shape index (κ1) is 11.6. The SMILES string of the molecule is O[C@@H]1[C@H](C(=C(F)F)C(F)(F)F)[C@H]2C=C[C@@H]1C2. The van der Waals surface area contributed by atoms with Crippen molar-refractivity contribution in [1.82, 2.24) is 0 Å². The maximum absolute atomic E-state index is 12.4. The lowest BCUT2D eigenvalue weighted by molar-refractivity contribution is -0.110. The average molecular weight is 240 g/mol. The molecule has 2 aliphatic rings. The number of hydrogen-bond acceptors (Lipinski definition) is 1. The van der Waals surface area contributed by atoms with Gasteiger partial charge >= 0.3 is 6.18 Å². The molecule has 16 heavy (non-hydrogen) atoms. The molecule has 0 radical (unpaired) electrons. The van der Waals surface area contributed by atoms with Gasteiger partial charge in [-0.2, -0.15) is 22.0 Å². The number of alkyl halides is 3. The fraction of sp³-hybridized carbons (Fsp3) is 0.600. The second kappa shape index (κ2) is 3.55. The van der Waals surface area contributed by atoms with Gasteiger partial charge in [-0.05, 0) is 12.3 Å². The molecule has 0 unspecified atom stereocenters. The van der Waals surface area contributed by atoms with Crippen LogP contribution in [-0.2, 0) is 0 Å². The smallest absolute Gasteiger partial charge is 0.392 e. The third-order valence-corrected chi connectivity index (χ3v) is 3.26. The van der Waals surface area contributed by atoms with E-state index in [0.717, 1.165) is 0 Å². The molecule has 0 aromatic carbocycles. The Balaban J connectivity index is 2.37. The predicted molar refractivity (Wildman–Crippen MR) is 45.5 cm³/mol. The highest BCUT2D eigenvalue weighted by Gasteiger charge is 2.54. The van der Waals surface area contributed by atoms with Crippen LogP contribution in [0.25, 0.3) is 0 Å². The number of halogens is 5. The lowest BCUT2D eigenvalue weighted by Crippen LogP contribution is -2.32. The standard InChI is InChI=1S/C10H9F5O/c11-9(12)7(10(13,14)15)6-4-1-2-5(3-4)8(6)16/h1-2,4-6,8,16H,3H2/t4-,5+,6-,8-/m0/s1. The van der Waals surface area contributed by atoms with E-state index >= 15 is 0 Å². The minimum Gasteiger partial charge on any atom is -0.392 e. The van der Waals surface area contributed by atoms with E-state index in [0.29, 0.717) is 6.42 Å². The minimum absolute atomic E-state index is 0.318. The van der Waals surface area contributed by atoms with Crippen LogP contribution in [0.1, 0.15) is 6.42 Å². The highest BCUT2D eigenvalue weighted by Crippen LogP contribution is 2.51. The molecule has 0 aromatic heterocycles. The van der Waals surface area contributed by atoms with Crippen LogP contribution in [0, 0.1) is 17.8 Å². The zero-order chi connectivity index (χ0) is 12.1. The van der Waals surface area contributed by atoms with Crippen LogP contribution in [0.2, 0.25) is 0 Å². The molecule has 0 saturated heterocycles. The summed E-state index contributed by atoms with van der Waals surface area (Å²) in [6.45, 7) is 0. The van der Waals surface area contributed by atoms with E-state index in [1.165, 1.54) is 6.08 Å². The molecular weight excluding hydrogens is 231 g/mol. The van der Waals surface area contributed by atoms with Crippen molar-refractivity contribution in [2.24, 2.45) is 17.8 Å². The minimum atomic E-state index is -5.08. The highest BCUT2D eigenvalue weighted by molar-refractivity contribution is 5.27. The Hall–Kier alpha value is -0.910. The fourth-order valence-electron chi connectivity index (χ4n) is 2.60. The van der Waals surface area contributed by atoms with E-state index in [-0.39, 0.29) is 0 Å². The summed E-state index contributed by atoms with van der Waals surface area (Å²) in [6, 6.07) is 0. The monoisotopic (exact) mass is 240 g/mol. The number of rotatable bonds is 1. The van der Waals surface area contributed by atoms with Gasteiger partial charge in [0.25, 0.3) is 6.08 Å². The van der Waals surface area contributed by atoms with Crippen molar-refractivity contribution in [3.8, 4) is 0 Å². The van der Waals surface area contributed by atoms with Crippen LogP contribution in [-0.4, -0.2) is 17.4 Å². The lowest BCUT2D eigenvalue weighted by atomic mass is 9.84. The highest BCUT2D eigenvalue weighted by atomic mass is 19.4. The number of allylic oxidation sites excluding steroid dienone is 1.